The van der Waals surface area contributed by atoms with Gasteiger partial charge < -0.3 is 14.5 Å². The first-order chi connectivity index (χ1) is 13.0. The third kappa shape index (κ3) is 4.13. The fourth-order valence-electron chi connectivity index (χ4n) is 3.47. The van der Waals surface area contributed by atoms with Crippen LogP contribution in [0.2, 0.25) is 0 Å². The minimum Gasteiger partial charge on any atom is -0.497 e. The van der Waals surface area contributed by atoms with Gasteiger partial charge in [-0.2, -0.15) is 0 Å². The van der Waals surface area contributed by atoms with Crippen molar-refractivity contribution in [2.75, 3.05) is 27.2 Å². The van der Waals surface area contributed by atoms with E-state index in [4.69, 9.17) is 4.74 Å². The largest absolute Gasteiger partial charge is 0.497 e. The molecular formula is C22H26N2O3. The van der Waals surface area contributed by atoms with Gasteiger partial charge in [0.25, 0.3) is 0 Å². The fourth-order valence-corrected chi connectivity index (χ4v) is 3.47. The van der Waals surface area contributed by atoms with Gasteiger partial charge in [0.1, 0.15) is 11.8 Å². The summed E-state index contributed by atoms with van der Waals surface area (Å²) in [4.78, 5) is 28.4. The summed E-state index contributed by atoms with van der Waals surface area (Å²) in [5.74, 6) is 0.871. The zero-order chi connectivity index (χ0) is 19.4. The molecule has 2 amide bonds. The maximum absolute atomic E-state index is 12.6. The van der Waals surface area contributed by atoms with Crippen molar-refractivity contribution in [1.82, 2.24) is 9.80 Å². The van der Waals surface area contributed by atoms with E-state index < -0.39 is 6.04 Å². The Labute approximate surface area is 160 Å². The average Bonchev–Trinajstić information content (AvgIpc) is 2.71. The number of nitrogens with zero attached hydrogens (tertiary/aromatic N) is 2. The molecule has 0 saturated carbocycles. The van der Waals surface area contributed by atoms with Crippen LogP contribution >= 0.6 is 0 Å². The molecule has 1 unspecified atom stereocenters. The second kappa shape index (κ2) is 8.25. The molecule has 2 aromatic rings. The summed E-state index contributed by atoms with van der Waals surface area (Å²) in [6.45, 7) is 3.03. The number of ether oxygens (including phenoxy) is 1. The van der Waals surface area contributed by atoms with Gasteiger partial charge in [0.05, 0.1) is 7.11 Å². The van der Waals surface area contributed by atoms with E-state index in [2.05, 4.69) is 0 Å². The Hall–Kier alpha value is -2.82. The smallest absolute Gasteiger partial charge is 0.245 e. The van der Waals surface area contributed by atoms with E-state index in [1.807, 2.05) is 55.5 Å². The predicted molar refractivity (Wildman–Crippen MR) is 106 cm³/mol. The number of rotatable bonds is 5. The summed E-state index contributed by atoms with van der Waals surface area (Å²) in [6.07, 6.45) is 0.954. The predicted octanol–water partition coefficient (Wildman–Crippen LogP) is 2.98. The molecule has 1 saturated heterocycles. The van der Waals surface area contributed by atoms with Gasteiger partial charge in [-0.05, 0) is 28.8 Å². The Morgan fingerprint density at radius 2 is 1.85 bits per heavy atom. The Morgan fingerprint density at radius 1 is 1.11 bits per heavy atom. The third-order valence-electron chi connectivity index (χ3n) is 5.12. The Balaban J connectivity index is 1.79. The molecule has 0 radical (unpaired) electrons. The Bertz CT molecular complexity index is 817. The normalized spacial score (nSPS) is 17.1. The second-order valence-electron chi connectivity index (χ2n) is 6.85. The molecule has 0 bridgehead atoms. The second-order valence-corrected chi connectivity index (χ2v) is 6.85. The molecule has 3 rings (SSSR count). The lowest BCUT2D eigenvalue weighted by Gasteiger charge is -2.39. The van der Waals surface area contributed by atoms with Gasteiger partial charge in [0.2, 0.25) is 11.8 Å². The summed E-state index contributed by atoms with van der Waals surface area (Å²) in [6, 6.07) is 15.7. The number of piperazine rings is 1. The van der Waals surface area contributed by atoms with Crippen molar-refractivity contribution in [3.8, 4) is 16.9 Å². The molecule has 1 heterocycles. The minimum atomic E-state index is -0.418. The molecule has 0 aromatic heterocycles. The molecule has 142 valence electrons. The topological polar surface area (TPSA) is 49.9 Å². The van der Waals surface area contributed by atoms with Crippen LogP contribution < -0.4 is 4.74 Å². The summed E-state index contributed by atoms with van der Waals surface area (Å²) < 4.78 is 5.29. The molecule has 5 nitrogen and oxygen atoms in total. The molecule has 0 spiro atoms. The molecule has 1 aliphatic rings. The van der Waals surface area contributed by atoms with Crippen LogP contribution in [0.3, 0.4) is 0 Å². The van der Waals surface area contributed by atoms with Crippen LogP contribution in [0.25, 0.3) is 11.1 Å². The fraction of sp³-hybridized carbons (Fsp3) is 0.364. The standard InChI is InChI=1S/C22H26N2O3/c1-4-21(25)24-13-12-23(2)22(26)20(24)14-16-8-10-17(11-9-16)18-6-5-7-19(15-18)27-3/h5-11,15,20H,4,12-14H2,1-3H3. The molecule has 5 heteroatoms. The van der Waals surface area contributed by atoms with Gasteiger partial charge in [-0.15, -0.1) is 0 Å². The molecular weight excluding hydrogens is 340 g/mol. The Kier molecular flexibility index (Phi) is 5.79. The van der Waals surface area contributed by atoms with E-state index in [-0.39, 0.29) is 11.8 Å². The van der Waals surface area contributed by atoms with Crippen LogP contribution in [0.15, 0.2) is 48.5 Å². The van der Waals surface area contributed by atoms with Crippen molar-refractivity contribution in [3.63, 3.8) is 0 Å². The highest BCUT2D eigenvalue weighted by atomic mass is 16.5. The lowest BCUT2D eigenvalue weighted by atomic mass is 9.98. The summed E-state index contributed by atoms with van der Waals surface area (Å²) in [5, 5.41) is 0. The lowest BCUT2D eigenvalue weighted by molar-refractivity contribution is -0.150. The molecule has 1 aliphatic heterocycles. The average molecular weight is 366 g/mol. The van der Waals surface area contributed by atoms with Gasteiger partial charge in [-0.3, -0.25) is 9.59 Å². The van der Waals surface area contributed by atoms with Gasteiger partial charge in [0, 0.05) is 33.0 Å². The van der Waals surface area contributed by atoms with Crippen LogP contribution in [0.1, 0.15) is 18.9 Å². The van der Waals surface area contributed by atoms with Crippen LogP contribution in [0, 0.1) is 0 Å². The molecule has 0 N–H and O–H groups in total. The van der Waals surface area contributed by atoms with Gasteiger partial charge in [-0.1, -0.05) is 43.3 Å². The van der Waals surface area contributed by atoms with Crippen molar-refractivity contribution in [1.29, 1.82) is 0 Å². The lowest BCUT2D eigenvalue weighted by Crippen LogP contribution is -2.58. The molecule has 1 fully saturated rings. The van der Waals surface area contributed by atoms with Gasteiger partial charge in [0.15, 0.2) is 0 Å². The highest BCUT2D eigenvalue weighted by Crippen LogP contribution is 2.25. The van der Waals surface area contributed by atoms with E-state index in [0.717, 1.165) is 22.4 Å². The highest BCUT2D eigenvalue weighted by Gasteiger charge is 2.35. The maximum Gasteiger partial charge on any atom is 0.245 e. The minimum absolute atomic E-state index is 0.0138. The molecule has 27 heavy (non-hydrogen) atoms. The summed E-state index contributed by atoms with van der Waals surface area (Å²) in [5.41, 5.74) is 3.22. The number of carbonyl (C=O) groups is 2. The van der Waals surface area contributed by atoms with Crippen LogP contribution in [-0.2, 0) is 16.0 Å². The maximum atomic E-state index is 12.6. The molecule has 0 aliphatic carbocycles. The van der Waals surface area contributed by atoms with Crippen molar-refractivity contribution < 1.29 is 14.3 Å². The van der Waals surface area contributed by atoms with E-state index >= 15 is 0 Å². The highest BCUT2D eigenvalue weighted by molar-refractivity contribution is 5.89. The number of likely N-dealkylation sites (N-methyl/N-ethyl adjacent to an activating group) is 1. The van der Waals surface area contributed by atoms with Crippen LogP contribution in [0.5, 0.6) is 5.75 Å². The quantitative estimate of drug-likeness (QED) is 0.817. The SMILES string of the molecule is CCC(=O)N1CCN(C)C(=O)C1Cc1ccc(-c2cccc(OC)c2)cc1. The van der Waals surface area contributed by atoms with Gasteiger partial charge >= 0.3 is 0 Å². The van der Waals surface area contributed by atoms with Crippen molar-refractivity contribution in [2.45, 2.75) is 25.8 Å². The van der Waals surface area contributed by atoms with Gasteiger partial charge in [-0.25, -0.2) is 0 Å². The molecule has 1 atom stereocenters. The number of amides is 2. The van der Waals surface area contributed by atoms with Crippen molar-refractivity contribution in [2.24, 2.45) is 0 Å². The zero-order valence-electron chi connectivity index (χ0n) is 16.1. The first kappa shape index (κ1) is 19.0. The Morgan fingerprint density at radius 3 is 2.52 bits per heavy atom. The van der Waals surface area contributed by atoms with E-state index in [1.165, 1.54) is 0 Å². The number of benzene rings is 2. The monoisotopic (exact) mass is 366 g/mol. The summed E-state index contributed by atoms with van der Waals surface area (Å²) >= 11 is 0. The first-order valence-electron chi connectivity index (χ1n) is 9.31. The van der Waals surface area contributed by atoms with E-state index in [0.29, 0.717) is 25.9 Å². The first-order valence-corrected chi connectivity index (χ1v) is 9.31. The number of hydrogen-bond acceptors (Lipinski definition) is 3. The van der Waals surface area contributed by atoms with Crippen LogP contribution in [-0.4, -0.2) is 54.9 Å². The number of carbonyl (C=O) groups excluding carboxylic acids is 2. The van der Waals surface area contributed by atoms with Crippen molar-refractivity contribution >= 4 is 11.8 Å². The third-order valence-corrected chi connectivity index (χ3v) is 5.12. The van der Waals surface area contributed by atoms with Crippen LogP contribution in [0.4, 0.5) is 0 Å². The molecule has 2 aromatic carbocycles. The number of hydrogen-bond donors (Lipinski definition) is 0. The van der Waals surface area contributed by atoms with E-state index in [1.54, 1.807) is 24.0 Å². The van der Waals surface area contributed by atoms with Crippen molar-refractivity contribution in [3.05, 3.63) is 54.1 Å². The number of methoxy groups -OCH3 is 1. The zero-order valence-corrected chi connectivity index (χ0v) is 16.1. The summed E-state index contributed by atoms with van der Waals surface area (Å²) in [7, 11) is 3.46. The van der Waals surface area contributed by atoms with E-state index in [9.17, 15) is 9.59 Å².